The van der Waals surface area contributed by atoms with Crippen LogP contribution in [0.2, 0.25) is 5.02 Å². The zero-order chi connectivity index (χ0) is 35.1. The first-order chi connectivity index (χ1) is 24.1. The van der Waals surface area contributed by atoms with Gasteiger partial charge in [-0.15, -0.1) is 10.2 Å². The minimum atomic E-state index is -0.668. The largest absolute Gasteiger partial charge is 0.487 e. The molecule has 4 aromatic rings. The quantitative estimate of drug-likeness (QED) is 0.172. The van der Waals surface area contributed by atoms with Gasteiger partial charge in [-0.3, -0.25) is 14.4 Å². The molecule has 0 unspecified atom stereocenters. The Morgan fingerprint density at radius 2 is 1.84 bits per heavy atom. The van der Waals surface area contributed by atoms with Crippen LogP contribution in [-0.2, 0) is 20.8 Å². The summed E-state index contributed by atoms with van der Waals surface area (Å²) in [4.78, 5) is 23.3. The number of tetrazole rings is 1. The number of nitrogens with one attached hydrogen (secondary N) is 1. The van der Waals surface area contributed by atoms with Crippen molar-refractivity contribution >= 4 is 29.2 Å². The maximum absolute atomic E-state index is 11.6. The van der Waals surface area contributed by atoms with Gasteiger partial charge < -0.3 is 24.3 Å². The highest BCUT2D eigenvalue weighted by molar-refractivity contribution is 6.32. The lowest BCUT2D eigenvalue weighted by molar-refractivity contribution is -0.154. The molecule has 1 aliphatic heterocycles. The summed E-state index contributed by atoms with van der Waals surface area (Å²) in [6, 6.07) is 6.39. The summed E-state index contributed by atoms with van der Waals surface area (Å²) in [7, 11) is 0. The Kier molecular flexibility index (Phi) is 11.4. The van der Waals surface area contributed by atoms with Gasteiger partial charge in [0.25, 0.3) is 5.88 Å². The van der Waals surface area contributed by atoms with E-state index in [1.807, 2.05) is 43.8 Å². The number of halogens is 1. The van der Waals surface area contributed by atoms with Crippen molar-refractivity contribution in [3.8, 4) is 22.8 Å². The van der Waals surface area contributed by atoms with Crippen molar-refractivity contribution in [2.75, 3.05) is 38.2 Å². The van der Waals surface area contributed by atoms with E-state index < -0.39 is 5.60 Å². The third-order valence-electron chi connectivity index (χ3n) is 8.99. The molecule has 50 heavy (non-hydrogen) atoms. The molecular weight excluding hydrogens is 664 g/mol. The standard InChI is InChI=1S/C34H45ClN10O5/c1-23(20-44-22-38-41-42-44)49-31-17-25(5-10-29(31)35)26-18-36-33(37-19-26)39-30-21-45(40-32(30)48-14-11-34(3,4)50-24(2)46)28-8-6-27(7-9-28)43-12-15-47-16-13-43/h5,10,17-19,21-23,27-28H,6-9,11-16,20H2,1-4H3,(H,36,37,39)/t23-,27?,28?/m0/s1. The number of carbonyl (C=O) groups excluding carboxylic acids is 1. The number of benzene rings is 1. The maximum Gasteiger partial charge on any atom is 0.303 e. The maximum atomic E-state index is 11.6. The molecule has 268 valence electrons. The Morgan fingerprint density at radius 1 is 1.10 bits per heavy atom. The molecule has 1 aliphatic carbocycles. The van der Waals surface area contributed by atoms with Crippen molar-refractivity contribution in [2.24, 2.45) is 0 Å². The smallest absolute Gasteiger partial charge is 0.303 e. The molecule has 6 rings (SSSR count). The van der Waals surface area contributed by atoms with E-state index in [9.17, 15) is 4.79 Å². The molecule has 0 amide bonds. The fourth-order valence-electron chi connectivity index (χ4n) is 6.44. The van der Waals surface area contributed by atoms with E-state index in [0.29, 0.717) is 53.9 Å². The highest BCUT2D eigenvalue weighted by atomic mass is 35.5. The van der Waals surface area contributed by atoms with Crippen molar-refractivity contribution < 1.29 is 23.7 Å². The number of rotatable bonds is 14. The molecule has 15 nitrogen and oxygen atoms in total. The van der Waals surface area contributed by atoms with Crippen LogP contribution in [0.25, 0.3) is 11.1 Å². The molecule has 2 aliphatic rings. The highest BCUT2D eigenvalue weighted by Gasteiger charge is 2.29. The predicted octanol–water partition coefficient (Wildman–Crippen LogP) is 5.12. The number of aromatic nitrogens is 8. The van der Waals surface area contributed by atoms with Gasteiger partial charge in [-0.2, -0.15) is 0 Å². The van der Waals surface area contributed by atoms with Gasteiger partial charge in [0.15, 0.2) is 0 Å². The van der Waals surface area contributed by atoms with Crippen molar-refractivity contribution in [1.82, 2.24) is 44.9 Å². The van der Waals surface area contributed by atoms with Crippen LogP contribution in [0.15, 0.2) is 43.1 Å². The van der Waals surface area contributed by atoms with E-state index in [-0.39, 0.29) is 18.1 Å². The molecule has 1 N–H and O–H groups in total. The number of hydrogen-bond acceptors (Lipinski definition) is 13. The Bertz CT molecular complexity index is 1690. The molecule has 0 radical (unpaired) electrons. The van der Waals surface area contributed by atoms with Crippen LogP contribution >= 0.6 is 11.6 Å². The first kappa shape index (κ1) is 35.5. The molecule has 1 saturated heterocycles. The van der Waals surface area contributed by atoms with Gasteiger partial charge in [0.1, 0.15) is 29.5 Å². The minimum absolute atomic E-state index is 0.223. The van der Waals surface area contributed by atoms with Crippen LogP contribution in [0.4, 0.5) is 11.6 Å². The molecular formula is C34H45ClN10O5. The molecule has 1 atom stereocenters. The SMILES string of the molecule is CC(=O)OC(C)(C)CCOc1nn(C2CCC(N3CCOCC3)CC2)cc1Nc1ncc(-c2ccc(Cl)c(O[C@@H](C)Cn3cnnn3)c2)cn1. The Balaban J connectivity index is 1.14. The zero-order valence-electron chi connectivity index (χ0n) is 29.0. The second-order valence-electron chi connectivity index (χ2n) is 13.4. The lowest BCUT2D eigenvalue weighted by Gasteiger charge is -2.38. The Morgan fingerprint density at radius 3 is 2.54 bits per heavy atom. The van der Waals surface area contributed by atoms with Crippen LogP contribution in [0.1, 0.15) is 65.8 Å². The van der Waals surface area contributed by atoms with Crippen LogP contribution in [-0.4, -0.2) is 101 Å². The number of esters is 1. The molecule has 4 heterocycles. The Labute approximate surface area is 296 Å². The normalized spacial score (nSPS) is 19.1. The number of ether oxygens (including phenoxy) is 4. The van der Waals surface area contributed by atoms with E-state index in [1.165, 1.54) is 13.3 Å². The van der Waals surface area contributed by atoms with Gasteiger partial charge in [-0.05, 0) is 74.6 Å². The van der Waals surface area contributed by atoms with Crippen molar-refractivity contribution in [1.29, 1.82) is 0 Å². The monoisotopic (exact) mass is 708 g/mol. The van der Waals surface area contributed by atoms with Crippen molar-refractivity contribution in [3.63, 3.8) is 0 Å². The van der Waals surface area contributed by atoms with Gasteiger partial charge >= 0.3 is 5.97 Å². The molecule has 0 bridgehead atoms. The summed E-state index contributed by atoms with van der Waals surface area (Å²) in [5.41, 5.74) is 1.64. The summed E-state index contributed by atoms with van der Waals surface area (Å²) in [6.07, 6.45) is 11.5. The first-order valence-corrected chi connectivity index (χ1v) is 17.5. The minimum Gasteiger partial charge on any atom is -0.487 e. The summed E-state index contributed by atoms with van der Waals surface area (Å²) in [5.74, 6) is 1.06. The van der Waals surface area contributed by atoms with Crippen LogP contribution in [0.5, 0.6) is 11.6 Å². The topological polar surface area (TPSA) is 156 Å². The average Bonchev–Trinajstić information content (AvgIpc) is 3.76. The van der Waals surface area contributed by atoms with Crippen molar-refractivity contribution in [3.05, 3.63) is 48.1 Å². The second kappa shape index (κ2) is 16.1. The van der Waals surface area contributed by atoms with Gasteiger partial charge in [-0.25, -0.2) is 14.6 Å². The molecule has 16 heteroatoms. The zero-order valence-corrected chi connectivity index (χ0v) is 29.8. The van der Waals surface area contributed by atoms with Gasteiger partial charge in [0.2, 0.25) is 5.95 Å². The van der Waals surface area contributed by atoms with Crippen molar-refractivity contribution in [2.45, 2.75) is 90.1 Å². The molecule has 2 fully saturated rings. The summed E-state index contributed by atoms with van der Waals surface area (Å²) in [6.45, 7) is 11.5. The lowest BCUT2D eigenvalue weighted by Crippen LogP contribution is -2.45. The Hall–Kier alpha value is -4.34. The number of nitrogens with zero attached hydrogens (tertiary/aromatic N) is 9. The van der Waals surface area contributed by atoms with E-state index >= 15 is 0 Å². The fraction of sp³-hybridized carbons (Fsp3) is 0.559. The van der Waals surface area contributed by atoms with E-state index in [1.54, 1.807) is 23.1 Å². The van der Waals surface area contributed by atoms with E-state index in [4.69, 9.17) is 35.6 Å². The number of anilines is 2. The third kappa shape index (κ3) is 9.46. The fourth-order valence-corrected chi connectivity index (χ4v) is 6.60. The molecule has 1 aromatic carbocycles. The van der Waals surface area contributed by atoms with E-state index in [0.717, 1.165) is 63.1 Å². The summed E-state index contributed by atoms with van der Waals surface area (Å²) >= 11 is 6.46. The van der Waals surface area contributed by atoms with Gasteiger partial charge in [0, 0.05) is 50.4 Å². The summed E-state index contributed by atoms with van der Waals surface area (Å²) in [5, 5.41) is 19.9. The molecule has 1 saturated carbocycles. The number of morpholine rings is 1. The van der Waals surface area contributed by atoms with Gasteiger partial charge in [-0.1, -0.05) is 17.7 Å². The van der Waals surface area contributed by atoms with Gasteiger partial charge in [0.05, 0.1) is 43.6 Å². The number of carbonyl (C=O) groups is 1. The molecule has 0 spiro atoms. The molecule has 3 aromatic heterocycles. The van der Waals surface area contributed by atoms with E-state index in [2.05, 4.69) is 35.7 Å². The third-order valence-corrected chi connectivity index (χ3v) is 9.30. The summed E-state index contributed by atoms with van der Waals surface area (Å²) < 4.78 is 26.9. The average molecular weight is 709 g/mol. The first-order valence-electron chi connectivity index (χ1n) is 17.1. The van der Waals surface area contributed by atoms with Crippen LogP contribution < -0.4 is 14.8 Å². The second-order valence-corrected chi connectivity index (χ2v) is 13.8. The number of hydrogen-bond donors (Lipinski definition) is 1. The predicted molar refractivity (Wildman–Crippen MR) is 186 cm³/mol. The lowest BCUT2D eigenvalue weighted by atomic mass is 9.90. The highest BCUT2D eigenvalue weighted by Crippen LogP contribution is 2.36. The van der Waals surface area contributed by atoms with Crippen LogP contribution in [0, 0.1) is 0 Å². The van der Waals surface area contributed by atoms with Crippen LogP contribution in [0.3, 0.4) is 0 Å².